The fourth-order valence-corrected chi connectivity index (χ4v) is 3.45. The van der Waals surface area contributed by atoms with Crippen LogP contribution in [0.4, 0.5) is 5.69 Å². The molecule has 0 radical (unpaired) electrons. The number of benzene rings is 1. The molecule has 26 heavy (non-hydrogen) atoms. The van der Waals surface area contributed by atoms with Crippen molar-refractivity contribution in [3.8, 4) is 11.3 Å². The van der Waals surface area contributed by atoms with Gasteiger partial charge < -0.3 is 14.5 Å². The van der Waals surface area contributed by atoms with Crippen LogP contribution in [0.3, 0.4) is 0 Å². The molecule has 1 N–H and O–H groups in total. The molecule has 1 unspecified atom stereocenters. The number of nitrogens with zero attached hydrogens (tertiary/aromatic N) is 2. The Hall–Kier alpha value is -2.22. The number of nitro benzene ring substituents is 1. The van der Waals surface area contributed by atoms with Gasteiger partial charge in [-0.2, -0.15) is 0 Å². The van der Waals surface area contributed by atoms with E-state index < -0.39 is 0 Å². The molecule has 138 valence electrons. The lowest BCUT2D eigenvalue weighted by atomic mass is 10.1. The molecule has 2 heterocycles. The number of nitrogens with one attached hydrogen (secondary N) is 1. The van der Waals surface area contributed by atoms with Crippen molar-refractivity contribution in [2.45, 2.75) is 31.5 Å². The van der Waals surface area contributed by atoms with Crippen molar-refractivity contribution in [3.63, 3.8) is 0 Å². The van der Waals surface area contributed by atoms with Crippen LogP contribution in [0.25, 0.3) is 11.3 Å². The first kappa shape index (κ1) is 17.2. The summed E-state index contributed by atoms with van der Waals surface area (Å²) in [5.41, 5.74) is 0.552. The molecule has 2 aliphatic rings. The average Bonchev–Trinajstić information content (AvgIpc) is 3.41. The van der Waals surface area contributed by atoms with E-state index in [1.54, 1.807) is 24.3 Å². The number of rotatable bonds is 7. The molecule has 1 atom stereocenters. The molecule has 0 bridgehead atoms. The van der Waals surface area contributed by atoms with Crippen LogP contribution in [-0.4, -0.2) is 48.2 Å². The van der Waals surface area contributed by atoms with E-state index in [9.17, 15) is 10.1 Å². The van der Waals surface area contributed by atoms with Crippen molar-refractivity contribution in [2.75, 3.05) is 26.2 Å². The Morgan fingerprint density at radius 3 is 2.88 bits per heavy atom. The largest absolute Gasteiger partial charge is 0.459 e. The lowest BCUT2D eigenvalue weighted by Crippen LogP contribution is -2.47. The van der Waals surface area contributed by atoms with E-state index in [1.807, 2.05) is 6.07 Å². The van der Waals surface area contributed by atoms with Crippen molar-refractivity contribution < 1.29 is 14.1 Å². The predicted octanol–water partition coefficient (Wildman–Crippen LogP) is 2.81. The molecule has 1 aromatic heterocycles. The maximum absolute atomic E-state index is 11.2. The average molecular weight is 357 g/mol. The number of nitro groups is 1. The van der Waals surface area contributed by atoms with Gasteiger partial charge in [0.15, 0.2) is 0 Å². The second-order valence-corrected chi connectivity index (χ2v) is 6.89. The molecule has 1 aliphatic heterocycles. The van der Waals surface area contributed by atoms with E-state index in [1.165, 1.54) is 18.9 Å². The Kier molecular flexibility index (Phi) is 5.01. The second kappa shape index (κ2) is 7.57. The zero-order chi connectivity index (χ0) is 17.9. The van der Waals surface area contributed by atoms with E-state index >= 15 is 0 Å². The molecule has 2 aromatic rings. The van der Waals surface area contributed by atoms with Crippen molar-refractivity contribution >= 4 is 5.69 Å². The Labute approximate surface area is 152 Å². The quantitative estimate of drug-likeness (QED) is 0.606. The number of ether oxygens (including phenoxy) is 1. The lowest BCUT2D eigenvalue weighted by molar-refractivity contribution is -0.384. The fraction of sp³-hybridized carbons (Fsp3) is 0.474. The van der Waals surface area contributed by atoms with Crippen LogP contribution < -0.4 is 5.32 Å². The first-order chi connectivity index (χ1) is 12.7. The number of hydrogen-bond donors (Lipinski definition) is 1. The first-order valence-corrected chi connectivity index (χ1v) is 9.09. The topological polar surface area (TPSA) is 80.8 Å². The third-order valence-corrected chi connectivity index (χ3v) is 4.93. The van der Waals surface area contributed by atoms with Gasteiger partial charge in [0.05, 0.1) is 29.7 Å². The molecule has 1 aliphatic carbocycles. The Bertz CT molecular complexity index is 772. The van der Waals surface area contributed by atoms with Crippen LogP contribution in [0, 0.1) is 10.1 Å². The van der Waals surface area contributed by atoms with E-state index in [-0.39, 0.29) is 16.7 Å². The van der Waals surface area contributed by atoms with Crippen LogP contribution in [0.2, 0.25) is 0 Å². The highest BCUT2D eigenvalue weighted by Gasteiger charge is 2.32. The van der Waals surface area contributed by atoms with Crippen LogP contribution in [0.15, 0.2) is 40.8 Å². The van der Waals surface area contributed by atoms with E-state index in [4.69, 9.17) is 9.15 Å². The monoisotopic (exact) mass is 357 g/mol. The zero-order valence-corrected chi connectivity index (χ0v) is 14.6. The van der Waals surface area contributed by atoms with Gasteiger partial charge in [0.2, 0.25) is 0 Å². The zero-order valence-electron chi connectivity index (χ0n) is 14.6. The number of morpholine rings is 1. The van der Waals surface area contributed by atoms with E-state index in [0.717, 1.165) is 38.0 Å². The van der Waals surface area contributed by atoms with Crippen LogP contribution >= 0.6 is 0 Å². The van der Waals surface area contributed by atoms with Gasteiger partial charge in [-0.05, 0) is 31.0 Å². The lowest BCUT2D eigenvalue weighted by Gasteiger charge is -2.33. The summed E-state index contributed by atoms with van der Waals surface area (Å²) in [5.74, 6) is 1.27. The molecule has 1 saturated carbocycles. The summed E-state index contributed by atoms with van der Waals surface area (Å²) in [6.07, 6.45) is 2.84. The molecular weight excluding hydrogens is 334 g/mol. The molecule has 0 spiro atoms. The minimum Gasteiger partial charge on any atom is -0.459 e. The minimum absolute atomic E-state index is 0.0529. The normalized spacial score (nSPS) is 21.0. The highest BCUT2D eigenvalue weighted by atomic mass is 16.6. The summed E-state index contributed by atoms with van der Waals surface area (Å²) in [7, 11) is 0. The van der Waals surface area contributed by atoms with Crippen LogP contribution in [0.5, 0.6) is 0 Å². The molecule has 4 rings (SSSR count). The fourth-order valence-electron chi connectivity index (χ4n) is 3.45. The van der Waals surface area contributed by atoms with Gasteiger partial charge >= 0.3 is 0 Å². The van der Waals surface area contributed by atoms with Gasteiger partial charge in [-0.3, -0.25) is 15.0 Å². The van der Waals surface area contributed by atoms with Gasteiger partial charge in [0.25, 0.3) is 5.69 Å². The predicted molar refractivity (Wildman–Crippen MR) is 96.8 cm³/mol. The number of furan rings is 1. The second-order valence-electron chi connectivity index (χ2n) is 6.89. The molecule has 0 amide bonds. The first-order valence-electron chi connectivity index (χ1n) is 9.09. The van der Waals surface area contributed by atoms with E-state index in [0.29, 0.717) is 17.9 Å². The smallest absolute Gasteiger partial charge is 0.280 e. The third kappa shape index (κ3) is 3.95. The van der Waals surface area contributed by atoms with Crippen LogP contribution in [0.1, 0.15) is 18.6 Å². The maximum atomic E-state index is 11.2. The molecule has 1 saturated heterocycles. The molecule has 2 fully saturated rings. The molecule has 7 nitrogen and oxygen atoms in total. The summed E-state index contributed by atoms with van der Waals surface area (Å²) < 4.78 is 11.6. The van der Waals surface area contributed by atoms with Gasteiger partial charge in [0.1, 0.15) is 11.5 Å². The molecule has 7 heteroatoms. The number of hydrogen-bond acceptors (Lipinski definition) is 6. The van der Waals surface area contributed by atoms with Gasteiger partial charge in [-0.15, -0.1) is 0 Å². The summed E-state index contributed by atoms with van der Waals surface area (Å²) >= 11 is 0. The van der Waals surface area contributed by atoms with Crippen molar-refractivity contribution in [1.82, 2.24) is 10.2 Å². The Morgan fingerprint density at radius 1 is 1.23 bits per heavy atom. The molecular formula is C19H23N3O4. The molecule has 1 aromatic carbocycles. The van der Waals surface area contributed by atoms with Gasteiger partial charge in [-0.25, -0.2) is 0 Å². The van der Waals surface area contributed by atoms with Gasteiger partial charge in [-0.1, -0.05) is 12.1 Å². The Morgan fingerprint density at radius 2 is 2.08 bits per heavy atom. The van der Waals surface area contributed by atoms with Crippen molar-refractivity contribution in [2.24, 2.45) is 0 Å². The summed E-state index contributed by atoms with van der Waals surface area (Å²) in [6, 6.07) is 11.0. The highest BCUT2D eigenvalue weighted by Crippen LogP contribution is 2.31. The summed E-state index contributed by atoms with van der Waals surface area (Å²) in [4.78, 5) is 13.3. The van der Waals surface area contributed by atoms with Crippen molar-refractivity contribution in [1.29, 1.82) is 0 Å². The maximum Gasteiger partial charge on any atom is 0.280 e. The van der Waals surface area contributed by atoms with Crippen molar-refractivity contribution in [3.05, 3.63) is 52.3 Å². The highest BCUT2D eigenvalue weighted by molar-refractivity contribution is 5.69. The van der Waals surface area contributed by atoms with E-state index in [2.05, 4.69) is 10.2 Å². The Balaban J connectivity index is 1.32. The summed E-state index contributed by atoms with van der Waals surface area (Å²) in [6.45, 7) is 4.16. The van der Waals surface area contributed by atoms with Gasteiger partial charge in [0, 0.05) is 31.7 Å². The SMILES string of the molecule is O=[N+]([O-])c1ccccc1-c1ccc(CNCC2CN(C3CC3)CCO2)o1. The summed E-state index contributed by atoms with van der Waals surface area (Å²) in [5, 5.41) is 14.5. The number of para-hydroxylation sites is 1. The standard InChI is InChI=1S/C19H23N3O4/c23-22(24)18-4-2-1-3-17(18)19-8-7-15(26-19)11-20-12-16-13-21(9-10-25-16)14-5-6-14/h1-4,7-8,14,16,20H,5-6,9-13H2. The van der Waals surface area contributed by atoms with Crippen LogP contribution in [-0.2, 0) is 11.3 Å². The third-order valence-electron chi connectivity index (χ3n) is 4.93. The minimum atomic E-state index is -0.387.